The van der Waals surface area contributed by atoms with Crippen molar-refractivity contribution < 1.29 is 6.22 Å². The van der Waals surface area contributed by atoms with Crippen LogP contribution in [-0.4, -0.2) is 10.8 Å². The lowest BCUT2D eigenvalue weighted by Gasteiger charge is -2.34. The molecule has 2 N–H and O–H groups in total. The summed E-state index contributed by atoms with van der Waals surface area (Å²) in [5.41, 5.74) is 16.5. The van der Waals surface area contributed by atoms with Gasteiger partial charge in [-0.2, -0.15) is 0 Å². The summed E-state index contributed by atoms with van der Waals surface area (Å²) in [5.74, 6) is 0.0241. The minimum absolute atomic E-state index is 0. The molecule has 41 heavy (non-hydrogen) atoms. The molecule has 1 aliphatic rings. The Labute approximate surface area is 248 Å². The third kappa shape index (κ3) is 6.47. The minimum atomic E-state index is -0.632. The number of ketones is 1. The third-order valence-corrected chi connectivity index (χ3v) is 7.56. The van der Waals surface area contributed by atoms with E-state index in [1.54, 1.807) is 19.2 Å². The molecule has 6 bridgehead atoms. The van der Waals surface area contributed by atoms with E-state index in [1.807, 2.05) is 46.0 Å². The van der Waals surface area contributed by atoms with Crippen molar-refractivity contribution in [1.82, 2.24) is 4.98 Å². The number of nitrogens with zero attached hydrogens (tertiary/aromatic N) is 1. The van der Waals surface area contributed by atoms with Crippen molar-refractivity contribution in [3.05, 3.63) is 154 Å². The molecule has 4 aromatic rings. The molecule has 0 spiro atoms. The highest BCUT2D eigenvalue weighted by molar-refractivity contribution is 5.99. The van der Waals surface area contributed by atoms with E-state index < -0.39 is 5.41 Å². The lowest BCUT2D eigenvalue weighted by molar-refractivity contribution is -0.112. The van der Waals surface area contributed by atoms with Crippen molar-refractivity contribution in [3.63, 3.8) is 0 Å². The minimum Gasteiger partial charge on any atom is -0.326 e. The Hall–Kier alpha value is -4.08. The quantitative estimate of drug-likeness (QED) is 0.206. The molecule has 1 atom stereocenters. The van der Waals surface area contributed by atoms with Gasteiger partial charge >= 0.3 is 0 Å². The predicted octanol–water partition coefficient (Wildman–Crippen LogP) is 8.79. The van der Waals surface area contributed by atoms with Crippen molar-refractivity contribution >= 4 is 11.4 Å². The van der Waals surface area contributed by atoms with Crippen LogP contribution in [0.15, 0.2) is 104 Å². The maximum absolute atomic E-state index is 12.4. The standard InChI is InChI=1S/C34H32N2O.2C2H6.H2/c1-4-34(31-9-6-16-36-22-31)29-15-13-28(21-35)26(19-29)12-11-25-7-5-8-27(18-25)33(17-24(3)37)32-20-30(34)14-10-23(32)2;2*1-2;/h4-10,13-20,22H,1,11-12,21,35H2,2-3H3;2*1-2H3;1H/b33-17-;;;/t34-;;;/m0.../s1. The summed E-state index contributed by atoms with van der Waals surface area (Å²) in [7, 11) is 0. The smallest absolute Gasteiger partial charge is 0.153 e. The zero-order chi connectivity index (χ0) is 30.0. The van der Waals surface area contributed by atoms with Crippen LogP contribution in [0.3, 0.4) is 0 Å². The zero-order valence-electron chi connectivity index (χ0n) is 25.5. The average molecular weight is 547 g/mol. The Bertz CT molecular complexity index is 1520. The van der Waals surface area contributed by atoms with E-state index in [0.717, 1.165) is 57.4 Å². The summed E-state index contributed by atoms with van der Waals surface area (Å²) in [5, 5.41) is 0. The van der Waals surface area contributed by atoms with Gasteiger partial charge in [0, 0.05) is 20.4 Å². The third-order valence-electron chi connectivity index (χ3n) is 7.56. The van der Waals surface area contributed by atoms with Crippen LogP contribution in [0.5, 0.6) is 0 Å². The summed E-state index contributed by atoms with van der Waals surface area (Å²) in [6.45, 7) is 16.6. The number of hydrogen-bond acceptors (Lipinski definition) is 3. The van der Waals surface area contributed by atoms with Crippen LogP contribution in [-0.2, 0) is 29.6 Å². The number of hydrogen-bond donors (Lipinski definition) is 1. The Morgan fingerprint density at radius 3 is 2.34 bits per heavy atom. The van der Waals surface area contributed by atoms with Crippen LogP contribution in [0.4, 0.5) is 0 Å². The predicted molar refractivity (Wildman–Crippen MR) is 176 cm³/mol. The summed E-state index contributed by atoms with van der Waals surface area (Å²) in [6.07, 6.45) is 9.24. The fraction of sp³-hybridized carbons (Fsp3) is 0.263. The van der Waals surface area contributed by atoms with Crippen molar-refractivity contribution in [2.24, 2.45) is 5.73 Å². The molecule has 0 unspecified atom stereocenters. The molecule has 5 rings (SSSR count). The first-order valence-corrected chi connectivity index (χ1v) is 14.8. The van der Waals surface area contributed by atoms with E-state index >= 15 is 0 Å². The average Bonchev–Trinajstić information content (AvgIpc) is 3.03. The van der Waals surface area contributed by atoms with Gasteiger partial charge < -0.3 is 5.73 Å². The molecule has 1 aromatic heterocycles. The van der Waals surface area contributed by atoms with Gasteiger partial charge in [0.05, 0.1) is 5.41 Å². The van der Waals surface area contributed by atoms with Crippen molar-refractivity contribution in [2.45, 2.75) is 66.3 Å². The van der Waals surface area contributed by atoms with Gasteiger partial charge in [-0.05, 0) is 101 Å². The van der Waals surface area contributed by atoms with Crippen LogP contribution < -0.4 is 5.73 Å². The maximum atomic E-state index is 12.4. The number of carbonyl (C=O) groups excluding carboxylic acids is 1. The molecule has 1 aliphatic carbocycles. The molecular formula is C38H46N2O. The number of allylic oxidation sites excluding steroid dienone is 2. The van der Waals surface area contributed by atoms with Gasteiger partial charge in [0.1, 0.15) is 0 Å². The van der Waals surface area contributed by atoms with Crippen molar-refractivity contribution in [3.8, 4) is 0 Å². The Morgan fingerprint density at radius 1 is 0.951 bits per heavy atom. The number of carbonyl (C=O) groups is 1. The largest absolute Gasteiger partial charge is 0.326 e. The van der Waals surface area contributed by atoms with Gasteiger partial charge in [-0.15, -0.1) is 6.58 Å². The lowest BCUT2D eigenvalue weighted by atomic mass is 9.68. The van der Waals surface area contributed by atoms with E-state index in [0.29, 0.717) is 6.54 Å². The van der Waals surface area contributed by atoms with Crippen molar-refractivity contribution in [2.75, 3.05) is 0 Å². The number of nitrogens with two attached hydrogens (primary N) is 1. The summed E-state index contributed by atoms with van der Waals surface area (Å²) in [6, 6.07) is 25.8. The summed E-state index contributed by atoms with van der Waals surface area (Å²) >= 11 is 0. The van der Waals surface area contributed by atoms with Crippen LogP contribution in [0.1, 0.15) is 86.1 Å². The number of rotatable bonds is 4. The van der Waals surface area contributed by atoms with Crippen LogP contribution in [0.2, 0.25) is 0 Å². The second kappa shape index (κ2) is 14.5. The molecule has 0 aliphatic heterocycles. The highest BCUT2D eigenvalue weighted by Crippen LogP contribution is 2.43. The van der Waals surface area contributed by atoms with Crippen LogP contribution in [0, 0.1) is 6.92 Å². The molecule has 0 radical (unpaired) electrons. The van der Waals surface area contributed by atoms with Crippen LogP contribution in [0.25, 0.3) is 5.57 Å². The Morgan fingerprint density at radius 2 is 1.68 bits per heavy atom. The molecule has 3 aromatic carbocycles. The molecule has 3 heteroatoms. The van der Waals surface area contributed by atoms with Crippen molar-refractivity contribution in [1.29, 1.82) is 0 Å². The first kappa shape index (κ1) is 31.4. The fourth-order valence-corrected chi connectivity index (χ4v) is 5.60. The molecule has 0 fully saturated rings. The number of fused-ring (bicyclic) bond motifs is 6. The van der Waals surface area contributed by atoms with Gasteiger partial charge in [-0.1, -0.05) is 94.4 Å². The van der Waals surface area contributed by atoms with E-state index in [1.165, 1.54) is 11.1 Å². The zero-order valence-corrected chi connectivity index (χ0v) is 25.5. The molecule has 1 heterocycles. The second-order valence-corrected chi connectivity index (χ2v) is 9.84. The lowest BCUT2D eigenvalue weighted by Crippen LogP contribution is -2.27. The van der Waals surface area contributed by atoms with Gasteiger partial charge in [0.25, 0.3) is 0 Å². The maximum Gasteiger partial charge on any atom is 0.153 e. The summed E-state index contributed by atoms with van der Waals surface area (Å²) < 4.78 is 0. The van der Waals surface area contributed by atoms with Gasteiger partial charge in [-0.25, -0.2) is 0 Å². The first-order valence-electron chi connectivity index (χ1n) is 14.8. The van der Waals surface area contributed by atoms with Crippen LogP contribution >= 0.6 is 0 Å². The fourth-order valence-electron chi connectivity index (χ4n) is 5.60. The first-order chi connectivity index (χ1) is 20.0. The molecule has 0 saturated carbocycles. The van der Waals surface area contributed by atoms with E-state index in [4.69, 9.17) is 5.73 Å². The topological polar surface area (TPSA) is 56.0 Å². The van der Waals surface area contributed by atoms with Gasteiger partial charge in [-0.3, -0.25) is 9.78 Å². The highest BCUT2D eigenvalue weighted by Gasteiger charge is 2.35. The van der Waals surface area contributed by atoms with E-state index in [2.05, 4.69) is 85.2 Å². The van der Waals surface area contributed by atoms with Gasteiger partial charge in [0.2, 0.25) is 0 Å². The highest BCUT2D eigenvalue weighted by atomic mass is 16.1. The molecular weight excluding hydrogens is 500 g/mol. The van der Waals surface area contributed by atoms with E-state index in [-0.39, 0.29) is 7.21 Å². The molecule has 214 valence electrons. The van der Waals surface area contributed by atoms with Gasteiger partial charge in [0.15, 0.2) is 5.78 Å². The summed E-state index contributed by atoms with van der Waals surface area (Å²) in [4.78, 5) is 16.9. The SMILES string of the molecule is C=C[C@]1(c2cccnc2)c2ccc(CN)c(c2)CCc2cccc(c2)/C(=C/C(C)=O)c2cc1ccc2C.CC.CC.[HH]. The van der Waals surface area contributed by atoms with E-state index in [9.17, 15) is 4.79 Å². The number of pyridine rings is 1. The molecule has 3 nitrogen and oxygen atoms in total. The molecule has 0 amide bonds. The second-order valence-electron chi connectivity index (χ2n) is 9.84. The number of aromatic nitrogens is 1. The monoisotopic (exact) mass is 546 g/mol. The molecule has 0 saturated heterocycles. The Kier molecular flexibility index (Phi) is 11.1. The normalized spacial score (nSPS) is 16.4. The number of benzene rings is 3. The Balaban J connectivity index is 0.00000118. The number of aryl methyl sites for hydroxylation is 3.